The Morgan fingerprint density at radius 1 is 1.08 bits per heavy atom. The predicted molar refractivity (Wildman–Crippen MR) is 106 cm³/mol. The van der Waals surface area contributed by atoms with Crippen molar-refractivity contribution in [2.75, 3.05) is 32.7 Å². The maximum atomic E-state index is 12.1. The van der Waals surface area contributed by atoms with Crippen molar-refractivity contribution >= 4 is 27.6 Å². The topological polar surface area (TPSA) is 68.8 Å². The lowest BCUT2D eigenvalue weighted by Crippen LogP contribution is -2.32. The second-order valence-corrected chi connectivity index (χ2v) is 6.49. The van der Waals surface area contributed by atoms with E-state index in [1.807, 2.05) is 32.0 Å². The van der Waals surface area contributed by atoms with Gasteiger partial charge in [0.25, 0.3) is 0 Å². The van der Waals surface area contributed by atoms with E-state index < -0.39 is 0 Å². The summed E-state index contributed by atoms with van der Waals surface area (Å²) in [5.41, 5.74) is 2.73. The van der Waals surface area contributed by atoms with Crippen LogP contribution in [0.2, 0.25) is 0 Å². The summed E-state index contributed by atoms with van der Waals surface area (Å²) in [6.07, 6.45) is 0. The predicted octanol–water partition coefficient (Wildman–Crippen LogP) is 4.28. The van der Waals surface area contributed by atoms with Crippen LogP contribution in [-0.4, -0.2) is 33.4 Å². The number of aryl methyl sites for hydroxylation is 2. The molecular formula is C19H23BrN2O4. The Bertz CT molecular complexity index is 760. The number of carbonyl (C=O) groups is 1. The lowest BCUT2D eigenvalue weighted by Gasteiger charge is -2.14. The number of para-hydroxylation sites is 1. The minimum atomic E-state index is -0.331. The average Bonchev–Trinajstić information content (AvgIpc) is 2.62. The van der Waals surface area contributed by atoms with Crippen LogP contribution in [0.4, 0.5) is 10.5 Å². The average molecular weight is 423 g/mol. The molecule has 0 saturated heterocycles. The zero-order valence-corrected chi connectivity index (χ0v) is 16.9. The van der Waals surface area contributed by atoms with Crippen molar-refractivity contribution in [3.8, 4) is 17.2 Å². The second kappa shape index (κ2) is 9.33. The highest BCUT2D eigenvalue weighted by molar-refractivity contribution is 9.10. The highest BCUT2D eigenvalue weighted by Gasteiger charge is 2.12. The first-order valence-electron chi connectivity index (χ1n) is 8.11. The van der Waals surface area contributed by atoms with E-state index in [4.69, 9.17) is 14.2 Å². The Labute approximate surface area is 162 Å². The lowest BCUT2D eigenvalue weighted by molar-refractivity contribution is 0.247. The monoisotopic (exact) mass is 422 g/mol. The third-order valence-electron chi connectivity index (χ3n) is 3.76. The summed E-state index contributed by atoms with van der Waals surface area (Å²) in [5.74, 6) is 1.97. The van der Waals surface area contributed by atoms with E-state index in [1.54, 1.807) is 26.4 Å². The normalized spacial score (nSPS) is 10.2. The zero-order chi connectivity index (χ0) is 19.1. The molecule has 2 aromatic carbocycles. The molecule has 2 aromatic rings. The van der Waals surface area contributed by atoms with Crippen LogP contribution in [-0.2, 0) is 0 Å². The van der Waals surface area contributed by atoms with Crippen molar-refractivity contribution < 1.29 is 19.0 Å². The molecule has 2 N–H and O–H groups in total. The van der Waals surface area contributed by atoms with E-state index in [-0.39, 0.29) is 6.03 Å². The number of amides is 2. The van der Waals surface area contributed by atoms with Gasteiger partial charge in [-0.2, -0.15) is 0 Å². The third kappa shape index (κ3) is 5.05. The Balaban J connectivity index is 1.87. The molecule has 26 heavy (non-hydrogen) atoms. The largest absolute Gasteiger partial charge is 0.493 e. The van der Waals surface area contributed by atoms with Crippen LogP contribution < -0.4 is 24.8 Å². The van der Waals surface area contributed by atoms with Gasteiger partial charge in [-0.1, -0.05) is 18.2 Å². The van der Waals surface area contributed by atoms with Gasteiger partial charge < -0.3 is 24.8 Å². The summed E-state index contributed by atoms with van der Waals surface area (Å²) in [4.78, 5) is 12.1. The maximum absolute atomic E-state index is 12.1. The molecule has 0 spiro atoms. The van der Waals surface area contributed by atoms with Gasteiger partial charge in [0.05, 0.1) is 26.5 Å². The molecule has 0 heterocycles. The van der Waals surface area contributed by atoms with Gasteiger partial charge in [-0.3, -0.25) is 0 Å². The molecule has 0 aliphatic heterocycles. The number of rotatable bonds is 7. The fourth-order valence-electron chi connectivity index (χ4n) is 2.46. The summed E-state index contributed by atoms with van der Waals surface area (Å²) in [6, 6.07) is 9.08. The summed E-state index contributed by atoms with van der Waals surface area (Å²) in [6.45, 7) is 4.75. The van der Waals surface area contributed by atoms with Crippen molar-refractivity contribution in [2.24, 2.45) is 0 Å². The van der Waals surface area contributed by atoms with Crippen molar-refractivity contribution in [1.29, 1.82) is 0 Å². The highest BCUT2D eigenvalue weighted by Crippen LogP contribution is 2.36. The Hall–Kier alpha value is -2.41. The van der Waals surface area contributed by atoms with Gasteiger partial charge in [-0.05, 0) is 40.9 Å². The first-order chi connectivity index (χ1) is 12.5. The molecule has 0 fully saturated rings. The van der Waals surface area contributed by atoms with Crippen molar-refractivity contribution in [1.82, 2.24) is 5.32 Å². The number of methoxy groups -OCH3 is 2. The molecule has 6 nitrogen and oxygen atoms in total. The van der Waals surface area contributed by atoms with Gasteiger partial charge >= 0.3 is 6.03 Å². The van der Waals surface area contributed by atoms with Gasteiger partial charge in [0.15, 0.2) is 11.5 Å². The van der Waals surface area contributed by atoms with Crippen LogP contribution in [0.15, 0.2) is 34.8 Å². The van der Waals surface area contributed by atoms with E-state index >= 15 is 0 Å². The lowest BCUT2D eigenvalue weighted by atomic mass is 10.1. The number of urea groups is 1. The smallest absolute Gasteiger partial charge is 0.319 e. The van der Waals surface area contributed by atoms with Crippen LogP contribution >= 0.6 is 15.9 Å². The van der Waals surface area contributed by atoms with Crippen LogP contribution in [0.25, 0.3) is 0 Å². The van der Waals surface area contributed by atoms with E-state index in [1.165, 1.54) is 0 Å². The number of carbonyl (C=O) groups excluding carboxylic acids is 1. The molecule has 2 rings (SSSR count). The number of hydrogen-bond donors (Lipinski definition) is 2. The molecular weight excluding hydrogens is 400 g/mol. The standard InChI is InChI=1S/C19H23BrN2O4/c1-12-6-5-7-13(2)18(12)26-9-8-21-19(23)22-15-11-17(25-4)16(24-3)10-14(15)20/h5-7,10-11H,8-9H2,1-4H3,(H2,21,22,23). The van der Waals surface area contributed by atoms with Gasteiger partial charge in [-0.25, -0.2) is 4.79 Å². The van der Waals surface area contributed by atoms with Crippen LogP contribution in [0.1, 0.15) is 11.1 Å². The quantitative estimate of drug-likeness (QED) is 0.653. The van der Waals surface area contributed by atoms with Crippen LogP contribution in [0, 0.1) is 13.8 Å². The Morgan fingerprint density at radius 3 is 2.31 bits per heavy atom. The van der Waals surface area contributed by atoms with E-state index in [0.29, 0.717) is 34.8 Å². The minimum Gasteiger partial charge on any atom is -0.493 e. The van der Waals surface area contributed by atoms with Crippen molar-refractivity contribution in [3.63, 3.8) is 0 Å². The molecule has 0 bridgehead atoms. The van der Waals surface area contributed by atoms with E-state index in [0.717, 1.165) is 16.9 Å². The van der Waals surface area contributed by atoms with Crippen molar-refractivity contribution in [3.05, 3.63) is 45.9 Å². The molecule has 2 amide bonds. The van der Waals surface area contributed by atoms with E-state index in [2.05, 4.69) is 26.6 Å². The van der Waals surface area contributed by atoms with Gasteiger partial charge in [0.1, 0.15) is 12.4 Å². The first kappa shape index (κ1) is 19.9. The number of hydrogen-bond acceptors (Lipinski definition) is 4. The van der Waals surface area contributed by atoms with Gasteiger partial charge in [0, 0.05) is 16.6 Å². The number of benzene rings is 2. The van der Waals surface area contributed by atoms with Crippen molar-refractivity contribution in [2.45, 2.75) is 13.8 Å². The fourth-order valence-corrected chi connectivity index (χ4v) is 2.88. The molecule has 7 heteroatoms. The number of halogens is 1. The fraction of sp³-hybridized carbons (Fsp3) is 0.316. The molecule has 140 valence electrons. The summed E-state index contributed by atoms with van der Waals surface area (Å²) < 4.78 is 16.9. The number of ether oxygens (including phenoxy) is 3. The van der Waals surface area contributed by atoms with Crippen LogP contribution in [0.5, 0.6) is 17.2 Å². The zero-order valence-electron chi connectivity index (χ0n) is 15.3. The Kier molecular flexibility index (Phi) is 7.15. The molecule has 0 unspecified atom stereocenters. The highest BCUT2D eigenvalue weighted by atomic mass is 79.9. The summed E-state index contributed by atoms with van der Waals surface area (Å²) in [7, 11) is 3.10. The van der Waals surface area contributed by atoms with E-state index in [9.17, 15) is 4.79 Å². The van der Waals surface area contributed by atoms with Gasteiger partial charge in [-0.15, -0.1) is 0 Å². The maximum Gasteiger partial charge on any atom is 0.319 e. The Morgan fingerprint density at radius 2 is 1.69 bits per heavy atom. The van der Waals surface area contributed by atoms with Crippen LogP contribution in [0.3, 0.4) is 0 Å². The molecule has 0 saturated carbocycles. The second-order valence-electron chi connectivity index (χ2n) is 5.64. The molecule has 0 aliphatic carbocycles. The molecule has 0 aliphatic rings. The molecule has 0 atom stereocenters. The number of nitrogens with one attached hydrogen (secondary N) is 2. The molecule has 0 aromatic heterocycles. The van der Waals surface area contributed by atoms with Gasteiger partial charge in [0.2, 0.25) is 0 Å². The first-order valence-corrected chi connectivity index (χ1v) is 8.91. The number of anilines is 1. The minimum absolute atomic E-state index is 0.331. The summed E-state index contributed by atoms with van der Waals surface area (Å²) in [5, 5.41) is 5.54. The summed E-state index contributed by atoms with van der Waals surface area (Å²) >= 11 is 3.41. The SMILES string of the molecule is COc1cc(Br)c(NC(=O)NCCOc2c(C)cccc2C)cc1OC. The molecule has 0 radical (unpaired) electrons. The third-order valence-corrected chi connectivity index (χ3v) is 4.42.